The maximum atomic E-state index is 13.3. The number of alkyl halides is 3. The highest BCUT2D eigenvalue weighted by molar-refractivity contribution is 6.62. The molecule has 0 bridgehead atoms. The molecule has 1 fully saturated rings. The van der Waals surface area contributed by atoms with Gasteiger partial charge < -0.3 is 9.31 Å². The van der Waals surface area contributed by atoms with Crippen molar-refractivity contribution in [2.45, 2.75) is 45.1 Å². The highest BCUT2D eigenvalue weighted by Gasteiger charge is 2.53. The number of hydrogen-bond acceptors (Lipinski definition) is 2. The van der Waals surface area contributed by atoms with Crippen molar-refractivity contribution in [1.82, 2.24) is 0 Å². The lowest BCUT2D eigenvalue weighted by Gasteiger charge is -2.32. The van der Waals surface area contributed by atoms with E-state index in [4.69, 9.17) is 9.31 Å². The van der Waals surface area contributed by atoms with Crippen LogP contribution in [0.4, 0.5) is 17.6 Å². The largest absolute Gasteiger partial charge is 0.495 e. The number of halogens is 4. The van der Waals surface area contributed by atoms with Crippen LogP contribution in [0.25, 0.3) is 0 Å². The van der Waals surface area contributed by atoms with Crippen molar-refractivity contribution in [1.29, 1.82) is 0 Å². The molecule has 20 heavy (non-hydrogen) atoms. The molecule has 0 N–H and O–H groups in total. The van der Waals surface area contributed by atoms with Crippen LogP contribution in [0.2, 0.25) is 0 Å². The molecule has 1 heterocycles. The molecule has 1 saturated heterocycles. The van der Waals surface area contributed by atoms with Crippen molar-refractivity contribution in [3.8, 4) is 0 Å². The van der Waals surface area contributed by atoms with E-state index in [2.05, 4.69) is 0 Å². The Balaban J connectivity index is 2.47. The SMILES string of the molecule is CC1(C)OB(c2cc(F)ccc2C(F)(F)F)OC1(C)C. The monoisotopic (exact) mass is 290 g/mol. The summed E-state index contributed by atoms with van der Waals surface area (Å²) in [6.07, 6.45) is -4.59. The second kappa shape index (κ2) is 4.46. The van der Waals surface area contributed by atoms with Crippen molar-refractivity contribution in [3.63, 3.8) is 0 Å². The molecule has 0 atom stereocenters. The van der Waals surface area contributed by atoms with Gasteiger partial charge in [-0.3, -0.25) is 0 Å². The average Bonchev–Trinajstić information content (AvgIpc) is 2.46. The second-order valence-corrected chi connectivity index (χ2v) is 5.82. The first-order valence-electron chi connectivity index (χ1n) is 6.16. The number of rotatable bonds is 1. The van der Waals surface area contributed by atoms with Gasteiger partial charge in [0.1, 0.15) is 5.82 Å². The van der Waals surface area contributed by atoms with Crippen LogP contribution in [-0.2, 0) is 15.5 Å². The molecule has 7 heteroatoms. The van der Waals surface area contributed by atoms with Crippen LogP contribution in [0.3, 0.4) is 0 Å². The molecular weight excluding hydrogens is 275 g/mol. The van der Waals surface area contributed by atoms with Gasteiger partial charge in [-0.2, -0.15) is 13.2 Å². The zero-order valence-corrected chi connectivity index (χ0v) is 11.6. The highest BCUT2D eigenvalue weighted by atomic mass is 19.4. The third kappa shape index (κ3) is 2.56. The third-order valence-corrected chi connectivity index (χ3v) is 3.83. The molecule has 0 unspecified atom stereocenters. The standard InChI is InChI=1S/C13H15BF4O2/c1-11(2)12(3,4)20-14(19-11)10-7-8(15)5-6-9(10)13(16,17)18/h5-7H,1-4H3. The van der Waals surface area contributed by atoms with E-state index in [-0.39, 0.29) is 5.46 Å². The predicted octanol–water partition coefficient (Wildman–Crippen LogP) is 3.14. The summed E-state index contributed by atoms with van der Waals surface area (Å²) >= 11 is 0. The van der Waals surface area contributed by atoms with Crippen LogP contribution < -0.4 is 5.46 Å². The Morgan fingerprint density at radius 2 is 1.50 bits per heavy atom. The molecule has 110 valence electrons. The van der Waals surface area contributed by atoms with Crippen LogP contribution in [0.1, 0.15) is 33.3 Å². The minimum Gasteiger partial charge on any atom is -0.399 e. The summed E-state index contributed by atoms with van der Waals surface area (Å²) in [6.45, 7) is 6.89. The quantitative estimate of drug-likeness (QED) is 0.584. The lowest BCUT2D eigenvalue weighted by Crippen LogP contribution is -2.41. The zero-order chi connectivity index (χ0) is 15.3. The maximum absolute atomic E-state index is 13.3. The Hall–Kier alpha value is -1.08. The summed E-state index contributed by atoms with van der Waals surface area (Å²) in [5, 5.41) is 0. The van der Waals surface area contributed by atoms with E-state index in [1.807, 2.05) is 0 Å². The summed E-state index contributed by atoms with van der Waals surface area (Å²) < 4.78 is 63.4. The molecule has 2 nitrogen and oxygen atoms in total. The van der Waals surface area contributed by atoms with Crippen LogP contribution in [0, 0.1) is 5.82 Å². The first-order chi connectivity index (χ1) is 8.94. The van der Waals surface area contributed by atoms with Crippen LogP contribution in [0.15, 0.2) is 18.2 Å². The van der Waals surface area contributed by atoms with Crippen molar-refractivity contribution in [3.05, 3.63) is 29.6 Å². The maximum Gasteiger partial charge on any atom is 0.495 e. The zero-order valence-electron chi connectivity index (χ0n) is 11.6. The van der Waals surface area contributed by atoms with Gasteiger partial charge in [0.05, 0.1) is 16.8 Å². The van der Waals surface area contributed by atoms with Gasteiger partial charge in [-0.05, 0) is 51.4 Å². The van der Waals surface area contributed by atoms with E-state index >= 15 is 0 Å². The van der Waals surface area contributed by atoms with Gasteiger partial charge in [0.2, 0.25) is 0 Å². The van der Waals surface area contributed by atoms with Gasteiger partial charge in [-0.15, -0.1) is 0 Å². The van der Waals surface area contributed by atoms with E-state index in [0.29, 0.717) is 6.07 Å². The minimum absolute atomic E-state index is 0.337. The fourth-order valence-corrected chi connectivity index (χ4v) is 1.96. The Labute approximate surface area is 115 Å². The molecule has 1 aromatic carbocycles. The van der Waals surface area contributed by atoms with Crippen LogP contribution in [0.5, 0.6) is 0 Å². The fraction of sp³-hybridized carbons (Fsp3) is 0.538. The molecule has 1 aliphatic heterocycles. The Morgan fingerprint density at radius 1 is 1.00 bits per heavy atom. The van der Waals surface area contributed by atoms with E-state index in [9.17, 15) is 17.6 Å². The van der Waals surface area contributed by atoms with Gasteiger partial charge in [0.15, 0.2) is 0 Å². The molecule has 1 aromatic rings. The van der Waals surface area contributed by atoms with Gasteiger partial charge >= 0.3 is 13.3 Å². The van der Waals surface area contributed by atoms with Gasteiger partial charge in [-0.25, -0.2) is 4.39 Å². The van der Waals surface area contributed by atoms with E-state index in [1.165, 1.54) is 0 Å². The summed E-state index contributed by atoms with van der Waals surface area (Å²) in [4.78, 5) is 0. The molecule has 0 spiro atoms. The Kier molecular flexibility index (Phi) is 3.42. The number of hydrogen-bond donors (Lipinski definition) is 0. The number of benzene rings is 1. The van der Waals surface area contributed by atoms with Gasteiger partial charge in [-0.1, -0.05) is 0 Å². The normalized spacial score (nSPS) is 21.3. The minimum atomic E-state index is -4.59. The lowest BCUT2D eigenvalue weighted by molar-refractivity contribution is -0.136. The predicted molar refractivity (Wildman–Crippen MR) is 67.1 cm³/mol. The Morgan fingerprint density at radius 3 is 1.95 bits per heavy atom. The molecule has 1 aliphatic rings. The second-order valence-electron chi connectivity index (χ2n) is 5.82. The topological polar surface area (TPSA) is 18.5 Å². The summed E-state index contributed by atoms with van der Waals surface area (Å²) in [7, 11) is -1.24. The molecule has 0 aromatic heterocycles. The lowest BCUT2D eigenvalue weighted by atomic mass is 9.75. The van der Waals surface area contributed by atoms with Crippen molar-refractivity contribution in [2.75, 3.05) is 0 Å². The average molecular weight is 290 g/mol. The smallest absolute Gasteiger partial charge is 0.399 e. The third-order valence-electron chi connectivity index (χ3n) is 3.83. The molecule has 0 amide bonds. The van der Waals surface area contributed by atoms with Crippen molar-refractivity contribution < 1.29 is 26.9 Å². The van der Waals surface area contributed by atoms with Gasteiger partial charge in [0, 0.05) is 0 Å². The fourth-order valence-electron chi connectivity index (χ4n) is 1.96. The first kappa shape index (κ1) is 15.3. The molecule has 2 rings (SSSR count). The van der Waals surface area contributed by atoms with E-state index in [0.717, 1.165) is 12.1 Å². The summed E-state index contributed by atoms with van der Waals surface area (Å²) in [6, 6.07) is 2.29. The van der Waals surface area contributed by atoms with Crippen molar-refractivity contribution in [2.24, 2.45) is 0 Å². The first-order valence-corrected chi connectivity index (χ1v) is 6.16. The van der Waals surface area contributed by atoms with Crippen molar-refractivity contribution >= 4 is 12.6 Å². The molecule has 0 radical (unpaired) electrons. The van der Waals surface area contributed by atoms with Crippen LogP contribution >= 0.6 is 0 Å². The van der Waals surface area contributed by atoms with E-state index < -0.39 is 35.9 Å². The molecule has 0 aliphatic carbocycles. The molecular formula is C13H15BF4O2. The Bertz CT molecular complexity index is 510. The van der Waals surface area contributed by atoms with Crippen LogP contribution in [-0.4, -0.2) is 18.3 Å². The molecule has 0 saturated carbocycles. The summed E-state index contributed by atoms with van der Waals surface area (Å²) in [5.74, 6) is -0.761. The highest BCUT2D eigenvalue weighted by Crippen LogP contribution is 2.38. The summed E-state index contributed by atoms with van der Waals surface area (Å²) in [5.41, 5.74) is -2.85. The van der Waals surface area contributed by atoms with Gasteiger partial charge in [0.25, 0.3) is 0 Å². The van der Waals surface area contributed by atoms with E-state index in [1.54, 1.807) is 27.7 Å².